The van der Waals surface area contributed by atoms with Crippen molar-refractivity contribution in [3.8, 4) is 0 Å². The van der Waals surface area contributed by atoms with E-state index in [2.05, 4.69) is 4.74 Å². The lowest BCUT2D eigenvalue weighted by atomic mass is 10.2. The van der Waals surface area contributed by atoms with Crippen molar-refractivity contribution in [3.05, 3.63) is 0 Å². The summed E-state index contributed by atoms with van der Waals surface area (Å²) in [4.78, 5) is 23.4. The SMILES string of the molecule is CCC(N)C(=O)N(C)CC(=O)OC. The summed E-state index contributed by atoms with van der Waals surface area (Å²) in [5.41, 5.74) is 5.49. The second-order valence-electron chi connectivity index (χ2n) is 2.79. The quantitative estimate of drug-likeness (QED) is 0.595. The van der Waals surface area contributed by atoms with E-state index < -0.39 is 12.0 Å². The molecule has 5 heteroatoms. The van der Waals surface area contributed by atoms with Crippen LogP contribution in [0.15, 0.2) is 0 Å². The van der Waals surface area contributed by atoms with Gasteiger partial charge in [0.05, 0.1) is 13.2 Å². The Labute approximate surface area is 77.8 Å². The first-order valence-corrected chi connectivity index (χ1v) is 4.10. The minimum Gasteiger partial charge on any atom is -0.468 e. The summed E-state index contributed by atoms with van der Waals surface area (Å²) in [5.74, 6) is -0.688. The zero-order valence-corrected chi connectivity index (χ0v) is 8.24. The number of carbonyl (C=O) groups is 2. The smallest absolute Gasteiger partial charge is 0.325 e. The molecule has 1 unspecified atom stereocenters. The van der Waals surface area contributed by atoms with Crippen LogP contribution in [-0.4, -0.2) is 43.5 Å². The molecule has 0 fully saturated rings. The molecule has 13 heavy (non-hydrogen) atoms. The number of ether oxygens (including phenoxy) is 1. The number of hydrogen-bond acceptors (Lipinski definition) is 4. The van der Waals surface area contributed by atoms with E-state index in [1.54, 1.807) is 0 Å². The van der Waals surface area contributed by atoms with Gasteiger partial charge in [-0.15, -0.1) is 0 Å². The van der Waals surface area contributed by atoms with E-state index in [4.69, 9.17) is 5.73 Å². The van der Waals surface area contributed by atoms with Gasteiger partial charge in [-0.25, -0.2) is 0 Å². The van der Waals surface area contributed by atoms with E-state index in [-0.39, 0.29) is 12.5 Å². The zero-order valence-electron chi connectivity index (χ0n) is 8.24. The van der Waals surface area contributed by atoms with Crippen LogP contribution >= 0.6 is 0 Å². The fourth-order valence-corrected chi connectivity index (χ4v) is 0.794. The minimum absolute atomic E-state index is 0.0525. The van der Waals surface area contributed by atoms with Gasteiger partial charge in [-0.2, -0.15) is 0 Å². The third-order valence-electron chi connectivity index (χ3n) is 1.73. The Morgan fingerprint density at radius 3 is 2.46 bits per heavy atom. The van der Waals surface area contributed by atoms with Crippen molar-refractivity contribution >= 4 is 11.9 Å². The van der Waals surface area contributed by atoms with Crippen LogP contribution < -0.4 is 5.73 Å². The van der Waals surface area contributed by atoms with Crippen LogP contribution in [0.2, 0.25) is 0 Å². The topological polar surface area (TPSA) is 72.6 Å². The molecule has 5 nitrogen and oxygen atoms in total. The van der Waals surface area contributed by atoms with Crippen LogP contribution in [0.1, 0.15) is 13.3 Å². The van der Waals surface area contributed by atoms with Crippen LogP contribution in [0.3, 0.4) is 0 Å². The number of likely N-dealkylation sites (N-methyl/N-ethyl adjacent to an activating group) is 1. The highest BCUT2D eigenvalue weighted by atomic mass is 16.5. The number of rotatable bonds is 4. The lowest BCUT2D eigenvalue weighted by molar-refractivity contribution is -0.146. The maximum Gasteiger partial charge on any atom is 0.325 e. The van der Waals surface area contributed by atoms with E-state index in [0.29, 0.717) is 6.42 Å². The Balaban J connectivity index is 4.03. The summed E-state index contributed by atoms with van der Waals surface area (Å²) in [6, 6.07) is -0.533. The molecule has 0 aromatic heterocycles. The Morgan fingerprint density at radius 2 is 2.08 bits per heavy atom. The van der Waals surface area contributed by atoms with Gasteiger partial charge in [0, 0.05) is 7.05 Å². The standard InChI is InChI=1S/C8H16N2O3/c1-4-6(9)8(12)10(2)5-7(11)13-3/h6H,4-5,9H2,1-3H3. The molecule has 0 aromatic carbocycles. The highest BCUT2D eigenvalue weighted by molar-refractivity contribution is 5.85. The molecule has 0 rings (SSSR count). The molecule has 0 aliphatic heterocycles. The van der Waals surface area contributed by atoms with Crippen molar-refractivity contribution in [2.75, 3.05) is 20.7 Å². The Morgan fingerprint density at radius 1 is 1.54 bits per heavy atom. The monoisotopic (exact) mass is 188 g/mol. The number of esters is 1. The minimum atomic E-state index is -0.533. The molecule has 0 radical (unpaired) electrons. The molecule has 0 bridgehead atoms. The fraction of sp³-hybridized carbons (Fsp3) is 0.750. The predicted octanol–water partition coefficient (Wildman–Crippen LogP) is -0.645. The number of amides is 1. The molecule has 1 amide bonds. The Kier molecular flexibility index (Phi) is 5.06. The van der Waals surface area contributed by atoms with Crippen LogP contribution in [0.5, 0.6) is 0 Å². The molecule has 0 aromatic rings. The first kappa shape index (κ1) is 11.9. The summed E-state index contributed by atoms with van der Waals surface area (Å²) < 4.78 is 4.41. The molecule has 0 saturated carbocycles. The molecular formula is C8H16N2O3. The summed E-state index contributed by atoms with van der Waals surface area (Å²) in [6.45, 7) is 1.76. The molecule has 1 atom stereocenters. The molecule has 76 valence electrons. The number of methoxy groups -OCH3 is 1. The summed E-state index contributed by atoms with van der Waals surface area (Å²) >= 11 is 0. The van der Waals surface area contributed by atoms with Gasteiger partial charge in [0.1, 0.15) is 6.54 Å². The normalized spacial score (nSPS) is 12.0. The van der Waals surface area contributed by atoms with Crippen LogP contribution in [0.25, 0.3) is 0 Å². The van der Waals surface area contributed by atoms with E-state index >= 15 is 0 Å². The maximum atomic E-state index is 11.3. The second-order valence-corrected chi connectivity index (χ2v) is 2.79. The summed E-state index contributed by atoms with van der Waals surface area (Å²) in [7, 11) is 2.80. The van der Waals surface area contributed by atoms with E-state index in [0.717, 1.165) is 0 Å². The van der Waals surface area contributed by atoms with Crippen LogP contribution in [-0.2, 0) is 14.3 Å². The summed E-state index contributed by atoms with van der Waals surface area (Å²) in [6.07, 6.45) is 0.560. The van der Waals surface area contributed by atoms with Gasteiger partial charge in [-0.05, 0) is 6.42 Å². The molecule has 0 aliphatic rings. The van der Waals surface area contributed by atoms with Gasteiger partial charge in [-0.3, -0.25) is 9.59 Å². The first-order chi connectivity index (χ1) is 6.02. The van der Waals surface area contributed by atoms with Gasteiger partial charge in [-0.1, -0.05) is 6.92 Å². The second kappa shape index (κ2) is 5.53. The molecule has 0 spiro atoms. The van der Waals surface area contributed by atoms with Crippen molar-refractivity contribution < 1.29 is 14.3 Å². The maximum absolute atomic E-state index is 11.3. The van der Waals surface area contributed by atoms with Crippen molar-refractivity contribution in [1.82, 2.24) is 4.90 Å². The highest BCUT2D eigenvalue weighted by Crippen LogP contribution is 1.94. The Hall–Kier alpha value is -1.10. The van der Waals surface area contributed by atoms with Crippen molar-refractivity contribution in [1.29, 1.82) is 0 Å². The average Bonchev–Trinajstić information content (AvgIpc) is 2.14. The van der Waals surface area contributed by atoms with Gasteiger partial charge >= 0.3 is 5.97 Å². The predicted molar refractivity (Wildman–Crippen MR) is 47.9 cm³/mol. The largest absolute Gasteiger partial charge is 0.468 e. The van der Waals surface area contributed by atoms with Crippen molar-refractivity contribution in [2.24, 2.45) is 5.73 Å². The molecule has 0 saturated heterocycles. The zero-order chi connectivity index (χ0) is 10.4. The number of hydrogen-bond donors (Lipinski definition) is 1. The molecule has 0 heterocycles. The number of carbonyl (C=O) groups excluding carboxylic acids is 2. The van der Waals surface area contributed by atoms with E-state index in [9.17, 15) is 9.59 Å². The molecular weight excluding hydrogens is 172 g/mol. The first-order valence-electron chi connectivity index (χ1n) is 4.10. The number of nitrogens with two attached hydrogens (primary N) is 1. The van der Waals surface area contributed by atoms with Gasteiger partial charge in [0.2, 0.25) is 5.91 Å². The van der Waals surface area contributed by atoms with E-state index in [1.807, 2.05) is 6.92 Å². The third kappa shape index (κ3) is 3.89. The van der Waals surface area contributed by atoms with Gasteiger partial charge in [0.25, 0.3) is 0 Å². The van der Waals surface area contributed by atoms with Crippen molar-refractivity contribution in [2.45, 2.75) is 19.4 Å². The lowest BCUT2D eigenvalue weighted by Crippen LogP contribution is -2.43. The van der Waals surface area contributed by atoms with E-state index in [1.165, 1.54) is 19.1 Å². The third-order valence-corrected chi connectivity index (χ3v) is 1.73. The highest BCUT2D eigenvalue weighted by Gasteiger charge is 2.18. The molecule has 2 N–H and O–H groups in total. The van der Waals surface area contributed by atoms with Gasteiger partial charge < -0.3 is 15.4 Å². The van der Waals surface area contributed by atoms with Crippen LogP contribution in [0.4, 0.5) is 0 Å². The van der Waals surface area contributed by atoms with Crippen molar-refractivity contribution in [3.63, 3.8) is 0 Å². The van der Waals surface area contributed by atoms with Crippen LogP contribution in [0, 0.1) is 0 Å². The lowest BCUT2D eigenvalue weighted by Gasteiger charge is -2.18. The Bertz CT molecular complexity index is 194. The molecule has 0 aliphatic carbocycles. The average molecular weight is 188 g/mol. The summed E-state index contributed by atoms with van der Waals surface area (Å²) in [5, 5.41) is 0. The number of nitrogens with zero attached hydrogens (tertiary/aromatic N) is 1. The fourth-order valence-electron chi connectivity index (χ4n) is 0.794. The van der Waals surface area contributed by atoms with Gasteiger partial charge in [0.15, 0.2) is 0 Å².